The maximum Gasteiger partial charge on any atom is 0.196 e. The molecule has 0 fully saturated rings. The van der Waals surface area contributed by atoms with Crippen LogP contribution in [0.15, 0.2) is 58.1 Å². The molecule has 0 N–H and O–H groups in total. The molecule has 2 aromatic carbocycles. The molecule has 0 saturated heterocycles. The molecule has 4 aromatic rings. The lowest BCUT2D eigenvalue weighted by Crippen LogP contribution is -2.10. The van der Waals surface area contributed by atoms with Gasteiger partial charge in [0.25, 0.3) is 0 Å². The van der Waals surface area contributed by atoms with E-state index in [9.17, 15) is 4.79 Å². The van der Waals surface area contributed by atoms with Gasteiger partial charge in [0.1, 0.15) is 11.3 Å². The van der Waals surface area contributed by atoms with Gasteiger partial charge in [-0.05, 0) is 48.6 Å². The van der Waals surface area contributed by atoms with Crippen LogP contribution in [0.4, 0.5) is 0 Å². The van der Waals surface area contributed by atoms with Crippen LogP contribution in [-0.4, -0.2) is 26.3 Å². The van der Waals surface area contributed by atoms with Crippen molar-refractivity contribution in [3.8, 4) is 5.75 Å². The smallest absolute Gasteiger partial charge is 0.196 e. The summed E-state index contributed by atoms with van der Waals surface area (Å²) in [6.45, 7) is 4.12. The summed E-state index contributed by atoms with van der Waals surface area (Å²) >= 11 is 0. The van der Waals surface area contributed by atoms with Crippen LogP contribution in [0.1, 0.15) is 35.7 Å². The minimum atomic E-state index is 0.0178. The van der Waals surface area contributed by atoms with Gasteiger partial charge in [-0.3, -0.25) is 9.78 Å². The first-order chi connectivity index (χ1) is 15.0. The summed E-state index contributed by atoms with van der Waals surface area (Å²) in [5, 5.41) is 2.81. The Morgan fingerprint density at radius 2 is 1.74 bits per heavy atom. The van der Waals surface area contributed by atoms with E-state index >= 15 is 0 Å². The first-order valence-electron chi connectivity index (χ1n) is 10.4. The van der Waals surface area contributed by atoms with Gasteiger partial charge in [0.15, 0.2) is 5.43 Å². The Balaban J connectivity index is 0.000000858. The highest BCUT2D eigenvalue weighted by Gasteiger charge is 2.13. The summed E-state index contributed by atoms with van der Waals surface area (Å²) < 4.78 is 15.4. The molecular weight excluding hydrogens is 390 g/mol. The Morgan fingerprint density at radius 3 is 2.45 bits per heavy atom. The molecule has 0 aliphatic rings. The number of rotatable bonds is 5. The average molecular weight is 420 g/mol. The van der Waals surface area contributed by atoms with E-state index in [1.807, 2.05) is 43.5 Å². The van der Waals surface area contributed by atoms with Gasteiger partial charge in [-0.15, -0.1) is 0 Å². The third-order valence-electron chi connectivity index (χ3n) is 5.13. The Kier molecular flexibility index (Phi) is 7.42. The highest BCUT2D eigenvalue weighted by Crippen LogP contribution is 2.28. The monoisotopic (exact) mass is 419 g/mol. The van der Waals surface area contributed by atoms with Crippen molar-refractivity contribution >= 4 is 21.7 Å². The third-order valence-corrected chi connectivity index (χ3v) is 5.13. The normalized spacial score (nSPS) is 10.7. The minimum absolute atomic E-state index is 0.0178. The summed E-state index contributed by atoms with van der Waals surface area (Å²) in [6.07, 6.45) is 5.87. The van der Waals surface area contributed by atoms with E-state index in [0.29, 0.717) is 23.0 Å². The zero-order valence-electron chi connectivity index (χ0n) is 18.8. The Labute approximate surface area is 182 Å². The molecule has 0 amide bonds. The van der Waals surface area contributed by atoms with Crippen LogP contribution in [0, 0.1) is 6.92 Å². The molecule has 5 nitrogen and oxygen atoms in total. The van der Waals surface area contributed by atoms with Gasteiger partial charge < -0.3 is 13.9 Å². The van der Waals surface area contributed by atoms with Gasteiger partial charge in [-0.25, -0.2) is 0 Å². The zero-order valence-corrected chi connectivity index (χ0v) is 18.8. The second kappa shape index (κ2) is 10.2. The van der Waals surface area contributed by atoms with E-state index in [1.54, 1.807) is 27.6 Å². The number of hydrogen-bond acceptors (Lipinski definition) is 5. The molecule has 2 heterocycles. The van der Waals surface area contributed by atoms with Gasteiger partial charge in [0.05, 0.1) is 18.8 Å². The predicted molar refractivity (Wildman–Crippen MR) is 125 cm³/mol. The quantitative estimate of drug-likeness (QED) is 0.430. The van der Waals surface area contributed by atoms with Crippen molar-refractivity contribution in [2.24, 2.45) is 0 Å². The first-order valence-corrected chi connectivity index (χ1v) is 10.4. The fraction of sp³-hybridized carbons (Fsp3) is 0.308. The molecule has 0 aliphatic heterocycles. The number of aromatic nitrogens is 1. The number of fused-ring (bicyclic) bond motifs is 2. The largest absolute Gasteiger partial charge is 0.497 e. The SMILES string of the molecule is CCCc1ncc(Cc2coc3ccc(C)cc3c2=O)c2ccc(OC)cc12.COC. The van der Waals surface area contributed by atoms with E-state index in [-0.39, 0.29) is 5.43 Å². The molecule has 31 heavy (non-hydrogen) atoms. The van der Waals surface area contributed by atoms with E-state index in [2.05, 4.69) is 22.7 Å². The molecule has 0 aliphatic carbocycles. The van der Waals surface area contributed by atoms with Crippen molar-refractivity contribution in [2.45, 2.75) is 33.1 Å². The minimum Gasteiger partial charge on any atom is -0.497 e. The van der Waals surface area contributed by atoms with Gasteiger partial charge in [-0.2, -0.15) is 0 Å². The van der Waals surface area contributed by atoms with E-state index in [0.717, 1.165) is 46.2 Å². The highest BCUT2D eigenvalue weighted by molar-refractivity contribution is 5.89. The second-order valence-corrected chi connectivity index (χ2v) is 7.57. The molecule has 5 heteroatoms. The fourth-order valence-corrected chi connectivity index (χ4v) is 3.65. The second-order valence-electron chi connectivity index (χ2n) is 7.57. The predicted octanol–water partition coefficient (Wildman–Crippen LogP) is 5.46. The number of benzene rings is 2. The lowest BCUT2D eigenvalue weighted by molar-refractivity contribution is 0.277. The van der Waals surface area contributed by atoms with Gasteiger partial charge in [-0.1, -0.05) is 31.0 Å². The molecule has 4 rings (SSSR count). The molecule has 162 valence electrons. The third kappa shape index (κ3) is 4.94. The zero-order chi connectivity index (χ0) is 22.4. The Morgan fingerprint density at radius 1 is 0.968 bits per heavy atom. The van der Waals surface area contributed by atoms with Gasteiger partial charge in [0, 0.05) is 43.5 Å². The van der Waals surface area contributed by atoms with Crippen LogP contribution in [0.25, 0.3) is 21.7 Å². The van der Waals surface area contributed by atoms with Crippen LogP contribution in [0.3, 0.4) is 0 Å². The van der Waals surface area contributed by atoms with Gasteiger partial charge in [0.2, 0.25) is 0 Å². The van der Waals surface area contributed by atoms with Crippen LogP contribution < -0.4 is 10.2 Å². The van der Waals surface area contributed by atoms with Crippen molar-refractivity contribution in [3.05, 3.63) is 81.5 Å². The maximum atomic E-state index is 13.0. The molecule has 0 spiro atoms. The first kappa shape index (κ1) is 22.5. The van der Waals surface area contributed by atoms with E-state index in [4.69, 9.17) is 9.15 Å². The van der Waals surface area contributed by atoms with Crippen LogP contribution in [0.5, 0.6) is 5.75 Å². The lowest BCUT2D eigenvalue weighted by Gasteiger charge is -2.12. The summed E-state index contributed by atoms with van der Waals surface area (Å²) in [6, 6.07) is 11.7. The standard InChI is InChI=1S/C24H23NO3.C2H6O/c1-4-5-22-20-12-18(27-3)7-8-19(20)16(13-25-22)11-17-14-28-23-9-6-15(2)10-21(23)24(17)26;1-3-2/h6-10,12-14H,4-5,11H2,1-3H3;1-2H3. The van der Waals surface area contributed by atoms with Crippen molar-refractivity contribution in [2.75, 3.05) is 21.3 Å². The van der Waals surface area contributed by atoms with Crippen molar-refractivity contribution in [3.63, 3.8) is 0 Å². The summed E-state index contributed by atoms with van der Waals surface area (Å²) in [4.78, 5) is 17.7. The number of ether oxygens (including phenoxy) is 2. The molecule has 0 radical (unpaired) electrons. The summed E-state index contributed by atoms with van der Waals surface area (Å²) in [7, 11) is 4.92. The number of pyridine rings is 1. The molecule has 2 aromatic heterocycles. The topological polar surface area (TPSA) is 61.6 Å². The molecule has 0 atom stereocenters. The summed E-state index contributed by atoms with van der Waals surface area (Å²) in [5.74, 6) is 0.810. The van der Waals surface area contributed by atoms with Crippen molar-refractivity contribution < 1.29 is 13.9 Å². The Bertz CT molecular complexity index is 1240. The fourth-order valence-electron chi connectivity index (χ4n) is 3.65. The van der Waals surface area contributed by atoms with E-state index < -0.39 is 0 Å². The molecule has 0 saturated carbocycles. The number of methoxy groups -OCH3 is 2. The van der Waals surface area contributed by atoms with Crippen LogP contribution >= 0.6 is 0 Å². The lowest BCUT2D eigenvalue weighted by atomic mass is 9.98. The number of aryl methyl sites for hydroxylation is 2. The maximum absolute atomic E-state index is 13.0. The number of nitrogens with zero attached hydrogens (tertiary/aromatic N) is 1. The average Bonchev–Trinajstić information content (AvgIpc) is 2.78. The van der Waals surface area contributed by atoms with Crippen molar-refractivity contribution in [1.82, 2.24) is 4.98 Å². The number of hydrogen-bond donors (Lipinski definition) is 0. The van der Waals surface area contributed by atoms with Gasteiger partial charge >= 0.3 is 0 Å². The molecule has 0 bridgehead atoms. The highest BCUT2D eigenvalue weighted by atomic mass is 16.5. The summed E-state index contributed by atoms with van der Waals surface area (Å²) in [5.41, 5.74) is 4.38. The van der Waals surface area contributed by atoms with Crippen LogP contribution in [0.2, 0.25) is 0 Å². The Hall–Kier alpha value is -3.18. The molecular formula is C26H29NO4. The van der Waals surface area contributed by atoms with Crippen molar-refractivity contribution in [1.29, 1.82) is 0 Å². The molecule has 0 unspecified atom stereocenters. The van der Waals surface area contributed by atoms with E-state index in [1.165, 1.54) is 0 Å². The van der Waals surface area contributed by atoms with Crippen LogP contribution in [-0.2, 0) is 17.6 Å².